The van der Waals surface area contributed by atoms with E-state index < -0.39 is 0 Å². The first-order chi connectivity index (χ1) is 6.91. The molecule has 94 valence electrons. The summed E-state index contributed by atoms with van der Waals surface area (Å²) in [5.41, 5.74) is 0.331. The zero-order valence-corrected chi connectivity index (χ0v) is 12.7. The maximum atomic E-state index is 3.38. The Hall–Kier alpha value is 0.270. The Balaban J connectivity index is 0. The number of nitrogens with one attached hydrogen (secondary N) is 1. The van der Waals surface area contributed by atoms with Gasteiger partial charge in [-0.05, 0) is 19.5 Å². The zero-order chi connectivity index (χ0) is 12.5. The zero-order valence-electron chi connectivity index (χ0n) is 11.8. The highest BCUT2D eigenvalue weighted by Gasteiger charge is 2.23. The molecule has 0 aliphatic heterocycles. The molecule has 15 heavy (non-hydrogen) atoms. The summed E-state index contributed by atoms with van der Waals surface area (Å²) in [6.45, 7) is 14.1. The van der Waals surface area contributed by atoms with Gasteiger partial charge in [0.15, 0.2) is 0 Å². The third kappa shape index (κ3) is 9.21. The van der Waals surface area contributed by atoms with Crippen LogP contribution in [0.2, 0.25) is 0 Å². The van der Waals surface area contributed by atoms with Crippen molar-refractivity contribution in [2.75, 3.05) is 26.4 Å². The molecule has 0 aliphatic rings. The number of rotatable bonds is 5. The number of hydrogen-bond acceptors (Lipinski definition) is 3. The van der Waals surface area contributed by atoms with Crippen LogP contribution in [0.5, 0.6) is 0 Å². The minimum atomic E-state index is 0.331. The minimum absolute atomic E-state index is 0.331. The summed E-state index contributed by atoms with van der Waals surface area (Å²) in [6, 6.07) is 0.552. The minimum Gasteiger partial charge on any atom is -0.315 e. The fourth-order valence-electron chi connectivity index (χ4n) is 1.33. The molecule has 2 nitrogen and oxygen atoms in total. The molecular formula is C12H30N2S. The van der Waals surface area contributed by atoms with Gasteiger partial charge in [0.05, 0.1) is 0 Å². The second-order valence-electron chi connectivity index (χ2n) is 4.44. The van der Waals surface area contributed by atoms with E-state index in [1.807, 2.05) is 32.8 Å². The molecule has 0 fully saturated rings. The Labute approximate surface area is 101 Å². The van der Waals surface area contributed by atoms with Gasteiger partial charge < -0.3 is 5.32 Å². The van der Waals surface area contributed by atoms with Gasteiger partial charge in [0.1, 0.15) is 0 Å². The van der Waals surface area contributed by atoms with E-state index >= 15 is 0 Å². The third-order valence-electron chi connectivity index (χ3n) is 2.18. The molecule has 0 saturated carbocycles. The van der Waals surface area contributed by atoms with E-state index in [4.69, 9.17) is 0 Å². The van der Waals surface area contributed by atoms with Crippen LogP contribution in [-0.2, 0) is 0 Å². The van der Waals surface area contributed by atoms with E-state index in [0.29, 0.717) is 11.5 Å². The molecule has 0 heterocycles. The summed E-state index contributed by atoms with van der Waals surface area (Å²) < 4.78 is 2.31. The molecule has 1 atom stereocenters. The molecule has 0 spiro atoms. The molecule has 0 aliphatic carbocycles. The van der Waals surface area contributed by atoms with Crippen molar-refractivity contribution in [3.63, 3.8) is 0 Å². The van der Waals surface area contributed by atoms with Crippen molar-refractivity contribution in [1.82, 2.24) is 9.62 Å². The van der Waals surface area contributed by atoms with E-state index in [9.17, 15) is 0 Å². The first kappa shape index (κ1) is 17.7. The summed E-state index contributed by atoms with van der Waals surface area (Å²) in [5.74, 6) is 1.15. The van der Waals surface area contributed by atoms with E-state index in [2.05, 4.69) is 44.4 Å². The van der Waals surface area contributed by atoms with Crippen LogP contribution in [0.3, 0.4) is 0 Å². The first-order valence-corrected chi connectivity index (χ1v) is 6.87. The Morgan fingerprint density at radius 3 is 2.00 bits per heavy atom. The Kier molecular flexibility index (Phi) is 11.2. The van der Waals surface area contributed by atoms with Crippen LogP contribution in [-0.4, -0.2) is 36.7 Å². The smallest absolute Gasteiger partial charge is 0.0249 e. The topological polar surface area (TPSA) is 15.3 Å². The molecule has 1 unspecified atom stereocenters. The second kappa shape index (κ2) is 9.49. The molecule has 0 radical (unpaired) electrons. The highest BCUT2D eigenvalue weighted by molar-refractivity contribution is 7.96. The van der Waals surface area contributed by atoms with Gasteiger partial charge in [-0.1, -0.05) is 53.5 Å². The maximum Gasteiger partial charge on any atom is 0.0249 e. The average molecular weight is 234 g/mol. The summed E-state index contributed by atoms with van der Waals surface area (Å²) >= 11 is 1.88. The van der Waals surface area contributed by atoms with Gasteiger partial charge in [-0.15, -0.1) is 0 Å². The van der Waals surface area contributed by atoms with Gasteiger partial charge >= 0.3 is 0 Å². The Morgan fingerprint density at radius 2 is 1.73 bits per heavy atom. The summed E-state index contributed by atoms with van der Waals surface area (Å²) in [6.07, 6.45) is 0. The van der Waals surface area contributed by atoms with Crippen LogP contribution < -0.4 is 5.32 Å². The molecule has 0 aromatic heterocycles. The normalized spacial score (nSPS) is 13.4. The molecule has 3 heteroatoms. The summed E-state index contributed by atoms with van der Waals surface area (Å²) in [4.78, 5) is 0. The van der Waals surface area contributed by atoms with Gasteiger partial charge in [-0.3, -0.25) is 4.31 Å². The largest absolute Gasteiger partial charge is 0.315 e. The third-order valence-corrected chi connectivity index (χ3v) is 3.03. The fraction of sp³-hybridized carbons (Fsp3) is 1.00. The highest BCUT2D eigenvalue weighted by Crippen LogP contribution is 2.21. The quantitative estimate of drug-likeness (QED) is 0.735. The van der Waals surface area contributed by atoms with Crippen molar-refractivity contribution in [2.45, 2.75) is 47.6 Å². The van der Waals surface area contributed by atoms with Crippen LogP contribution in [0.1, 0.15) is 41.5 Å². The van der Waals surface area contributed by atoms with Crippen LogP contribution in [0, 0.1) is 5.41 Å². The maximum absolute atomic E-state index is 3.38. The molecule has 0 rings (SSSR count). The van der Waals surface area contributed by atoms with E-state index in [1.54, 1.807) is 0 Å². The van der Waals surface area contributed by atoms with Crippen molar-refractivity contribution >= 4 is 11.9 Å². The lowest BCUT2D eigenvalue weighted by Crippen LogP contribution is -2.44. The summed E-state index contributed by atoms with van der Waals surface area (Å²) in [7, 11) is 4.20. The van der Waals surface area contributed by atoms with E-state index in [-0.39, 0.29) is 0 Å². The molecule has 1 N–H and O–H groups in total. The van der Waals surface area contributed by atoms with Gasteiger partial charge in [0.2, 0.25) is 0 Å². The van der Waals surface area contributed by atoms with Crippen molar-refractivity contribution in [2.24, 2.45) is 5.41 Å². The molecule has 0 aromatic rings. The molecular weight excluding hydrogens is 204 g/mol. The standard InChI is InChI=1S/C10H24N2S.C2H6/c1-7-13-12(6)8-9(11-5)10(2,3)4;1-2/h9,11H,7-8H2,1-6H3;1-2H3. The molecule has 0 amide bonds. The average Bonchev–Trinajstić information content (AvgIpc) is 2.16. The van der Waals surface area contributed by atoms with Crippen molar-refractivity contribution in [3.8, 4) is 0 Å². The van der Waals surface area contributed by atoms with Crippen molar-refractivity contribution in [3.05, 3.63) is 0 Å². The van der Waals surface area contributed by atoms with Crippen molar-refractivity contribution in [1.29, 1.82) is 0 Å². The van der Waals surface area contributed by atoms with Crippen LogP contribution in [0.4, 0.5) is 0 Å². The second-order valence-corrected chi connectivity index (χ2v) is 5.89. The van der Waals surface area contributed by atoms with Gasteiger partial charge in [-0.25, -0.2) is 0 Å². The van der Waals surface area contributed by atoms with E-state index in [0.717, 1.165) is 12.3 Å². The predicted octanol–water partition coefficient (Wildman–Crippen LogP) is 3.25. The van der Waals surface area contributed by atoms with Crippen LogP contribution in [0.25, 0.3) is 0 Å². The SMILES string of the molecule is CC.CCSN(C)CC(NC)C(C)(C)C. The van der Waals surface area contributed by atoms with Crippen molar-refractivity contribution < 1.29 is 0 Å². The molecule has 0 bridgehead atoms. The molecule has 0 aromatic carbocycles. The number of likely N-dealkylation sites (N-methyl/N-ethyl adjacent to an activating group) is 2. The van der Waals surface area contributed by atoms with E-state index in [1.165, 1.54) is 0 Å². The lowest BCUT2D eigenvalue weighted by molar-refractivity contribution is 0.252. The van der Waals surface area contributed by atoms with Gasteiger partial charge in [0.25, 0.3) is 0 Å². The monoisotopic (exact) mass is 234 g/mol. The van der Waals surface area contributed by atoms with Gasteiger partial charge in [-0.2, -0.15) is 0 Å². The number of nitrogens with zero attached hydrogens (tertiary/aromatic N) is 1. The van der Waals surface area contributed by atoms with Crippen LogP contribution >= 0.6 is 11.9 Å². The first-order valence-electron chi connectivity index (χ1n) is 5.93. The lowest BCUT2D eigenvalue weighted by Gasteiger charge is -2.33. The van der Waals surface area contributed by atoms with Gasteiger partial charge in [0, 0.05) is 18.3 Å². The van der Waals surface area contributed by atoms with Crippen LogP contribution in [0.15, 0.2) is 0 Å². The Bertz CT molecular complexity index is 132. The molecule has 0 saturated heterocycles. The fourth-order valence-corrected chi connectivity index (χ4v) is 2.02. The summed E-state index contributed by atoms with van der Waals surface area (Å²) in [5, 5.41) is 3.38. The highest BCUT2D eigenvalue weighted by atomic mass is 32.2. The number of hydrogen-bond donors (Lipinski definition) is 1. The predicted molar refractivity (Wildman–Crippen MR) is 74.4 cm³/mol. The Morgan fingerprint density at radius 1 is 1.27 bits per heavy atom. The lowest BCUT2D eigenvalue weighted by atomic mass is 9.87.